The van der Waals surface area contributed by atoms with Crippen LogP contribution < -0.4 is 16.2 Å². The van der Waals surface area contributed by atoms with Gasteiger partial charge in [-0.2, -0.15) is 0 Å². The monoisotopic (exact) mass is 584 g/mol. The molecule has 1 aliphatic rings. The van der Waals surface area contributed by atoms with Crippen LogP contribution >= 0.6 is 11.8 Å². The Kier molecular flexibility index (Phi) is 9.71. The molecule has 218 valence electrons. The molecule has 2 amide bonds. The minimum atomic E-state index is -0.426. The lowest BCUT2D eigenvalue weighted by molar-refractivity contribution is -0.120. The summed E-state index contributed by atoms with van der Waals surface area (Å²) >= 11 is 1.30. The van der Waals surface area contributed by atoms with Gasteiger partial charge in [-0.15, -0.1) is 0 Å². The predicted molar refractivity (Wildman–Crippen MR) is 166 cm³/mol. The van der Waals surface area contributed by atoms with Crippen molar-refractivity contribution in [3.8, 4) is 0 Å². The Morgan fingerprint density at radius 1 is 1.02 bits per heavy atom. The van der Waals surface area contributed by atoms with E-state index < -0.39 is 5.25 Å². The van der Waals surface area contributed by atoms with E-state index in [0.717, 1.165) is 30.6 Å². The van der Waals surface area contributed by atoms with Crippen molar-refractivity contribution >= 4 is 34.5 Å². The molecular weight excluding hydrogens is 548 g/mol. The summed E-state index contributed by atoms with van der Waals surface area (Å²) in [5.74, 6) is -0.254. The number of hydrogen-bond acceptors (Lipinski definition) is 6. The maximum absolute atomic E-state index is 13.7. The molecule has 1 aromatic heterocycles. The molecule has 3 aromatic carbocycles. The highest BCUT2D eigenvalue weighted by Crippen LogP contribution is 2.26. The van der Waals surface area contributed by atoms with Gasteiger partial charge in [-0.1, -0.05) is 72.8 Å². The lowest BCUT2D eigenvalue weighted by atomic mass is 10.1. The quantitative estimate of drug-likeness (QED) is 0.193. The van der Waals surface area contributed by atoms with Crippen molar-refractivity contribution in [3.05, 3.63) is 105 Å². The number of ether oxygens (including phenoxy) is 1. The summed E-state index contributed by atoms with van der Waals surface area (Å²) < 4.78 is 7.21. The summed E-state index contributed by atoms with van der Waals surface area (Å²) in [4.78, 5) is 44.3. The van der Waals surface area contributed by atoms with Crippen molar-refractivity contribution in [2.45, 2.75) is 62.7 Å². The van der Waals surface area contributed by atoms with Crippen LogP contribution in [0.5, 0.6) is 0 Å². The molecule has 0 radical (unpaired) electrons. The Labute approximate surface area is 249 Å². The van der Waals surface area contributed by atoms with Crippen LogP contribution in [0, 0.1) is 6.92 Å². The van der Waals surface area contributed by atoms with E-state index in [0.29, 0.717) is 41.1 Å². The van der Waals surface area contributed by atoms with Gasteiger partial charge in [0.25, 0.3) is 11.5 Å². The highest BCUT2D eigenvalue weighted by molar-refractivity contribution is 8.00. The smallest absolute Gasteiger partial charge is 0.262 e. The van der Waals surface area contributed by atoms with Crippen molar-refractivity contribution in [3.63, 3.8) is 0 Å². The summed E-state index contributed by atoms with van der Waals surface area (Å²) in [6.45, 7) is 5.92. The van der Waals surface area contributed by atoms with Crippen LogP contribution in [-0.2, 0) is 22.6 Å². The number of carbonyl (C=O) groups is 2. The fourth-order valence-electron chi connectivity index (χ4n) is 4.89. The highest BCUT2D eigenvalue weighted by Gasteiger charge is 2.22. The summed E-state index contributed by atoms with van der Waals surface area (Å²) in [5.41, 5.74) is 4.01. The van der Waals surface area contributed by atoms with Gasteiger partial charge in [0.05, 0.1) is 28.8 Å². The molecular formula is C33H36N4O4S. The number of aryl methyl sites for hydroxylation is 1. The molecule has 9 heteroatoms. The number of para-hydroxylation sites is 1. The molecule has 2 heterocycles. The van der Waals surface area contributed by atoms with E-state index in [4.69, 9.17) is 9.72 Å². The Morgan fingerprint density at radius 3 is 2.48 bits per heavy atom. The van der Waals surface area contributed by atoms with Crippen LogP contribution in [-0.4, -0.2) is 45.9 Å². The lowest BCUT2D eigenvalue weighted by Gasteiger charge is -2.18. The van der Waals surface area contributed by atoms with Gasteiger partial charge >= 0.3 is 0 Å². The van der Waals surface area contributed by atoms with Gasteiger partial charge < -0.3 is 15.4 Å². The Balaban J connectivity index is 1.33. The van der Waals surface area contributed by atoms with E-state index in [1.54, 1.807) is 22.8 Å². The summed E-state index contributed by atoms with van der Waals surface area (Å²) in [6.07, 6.45) is 2.63. The third kappa shape index (κ3) is 7.27. The zero-order valence-corrected chi connectivity index (χ0v) is 24.8. The minimum absolute atomic E-state index is 0.0769. The molecule has 42 heavy (non-hydrogen) atoms. The van der Waals surface area contributed by atoms with Gasteiger partial charge in [0, 0.05) is 25.3 Å². The first-order chi connectivity index (χ1) is 20.4. The molecule has 2 N–H and O–H groups in total. The number of nitrogens with one attached hydrogen (secondary N) is 2. The van der Waals surface area contributed by atoms with E-state index in [1.165, 1.54) is 17.3 Å². The number of thioether (sulfide) groups is 1. The van der Waals surface area contributed by atoms with E-state index in [-0.39, 0.29) is 30.0 Å². The summed E-state index contributed by atoms with van der Waals surface area (Å²) in [6, 6.07) is 22.5. The van der Waals surface area contributed by atoms with Gasteiger partial charge in [0.2, 0.25) is 5.91 Å². The third-order valence-electron chi connectivity index (χ3n) is 7.40. The predicted octanol–water partition coefficient (Wildman–Crippen LogP) is 4.85. The molecule has 5 rings (SSSR count). The molecule has 0 saturated carbocycles. The fourth-order valence-corrected chi connectivity index (χ4v) is 5.93. The molecule has 2 atom stereocenters. The largest absolute Gasteiger partial charge is 0.376 e. The maximum Gasteiger partial charge on any atom is 0.262 e. The van der Waals surface area contributed by atoms with E-state index >= 15 is 0 Å². The van der Waals surface area contributed by atoms with E-state index in [1.807, 2.05) is 68.4 Å². The van der Waals surface area contributed by atoms with Gasteiger partial charge in [-0.3, -0.25) is 19.0 Å². The highest BCUT2D eigenvalue weighted by atomic mass is 32.2. The minimum Gasteiger partial charge on any atom is -0.376 e. The van der Waals surface area contributed by atoms with E-state index in [9.17, 15) is 14.4 Å². The lowest BCUT2D eigenvalue weighted by Crippen LogP contribution is -2.33. The molecule has 0 spiro atoms. The first-order valence-corrected chi connectivity index (χ1v) is 15.3. The van der Waals surface area contributed by atoms with Gasteiger partial charge in [0.15, 0.2) is 5.16 Å². The Morgan fingerprint density at radius 2 is 1.76 bits per heavy atom. The standard InChI is InChI=1S/C33H36N4O4S/c1-3-29(31(39)34-19-23-12-10-22(2)11-13-23)42-33-36-28-9-5-4-8-27(28)32(40)37(33)21-24-14-16-25(17-15-24)30(38)35-20-26-7-6-18-41-26/h4-5,8-17,26,29H,3,6-7,18-21H2,1-2H3,(H,34,39)(H,35,38). The van der Waals surface area contributed by atoms with Crippen LogP contribution in [0.2, 0.25) is 0 Å². The molecule has 8 nitrogen and oxygen atoms in total. The number of fused-ring (bicyclic) bond motifs is 1. The number of hydrogen-bond donors (Lipinski definition) is 2. The average Bonchev–Trinajstić information content (AvgIpc) is 3.54. The van der Waals surface area contributed by atoms with Crippen molar-refractivity contribution in [2.75, 3.05) is 13.2 Å². The molecule has 0 bridgehead atoms. The number of aromatic nitrogens is 2. The van der Waals surface area contributed by atoms with Crippen LogP contribution in [0.25, 0.3) is 10.9 Å². The normalized spacial score (nSPS) is 15.4. The summed E-state index contributed by atoms with van der Waals surface area (Å²) in [7, 11) is 0. The second-order valence-electron chi connectivity index (χ2n) is 10.6. The van der Waals surface area contributed by atoms with Crippen LogP contribution in [0.4, 0.5) is 0 Å². The molecule has 1 saturated heterocycles. The number of carbonyl (C=O) groups excluding carboxylic acids is 2. The van der Waals surface area contributed by atoms with Crippen molar-refractivity contribution in [2.24, 2.45) is 0 Å². The topological polar surface area (TPSA) is 102 Å². The second-order valence-corrected chi connectivity index (χ2v) is 11.7. The first kappa shape index (κ1) is 29.5. The van der Waals surface area contributed by atoms with Crippen molar-refractivity contribution < 1.29 is 14.3 Å². The van der Waals surface area contributed by atoms with E-state index in [2.05, 4.69) is 10.6 Å². The third-order valence-corrected chi connectivity index (χ3v) is 8.75. The Bertz CT molecular complexity index is 1600. The molecule has 1 aliphatic heterocycles. The molecule has 4 aromatic rings. The van der Waals surface area contributed by atoms with Crippen LogP contribution in [0.3, 0.4) is 0 Å². The molecule has 1 fully saturated rings. The van der Waals surface area contributed by atoms with Crippen molar-refractivity contribution in [1.82, 2.24) is 20.2 Å². The number of rotatable bonds is 11. The molecule has 0 aliphatic carbocycles. The maximum atomic E-state index is 13.7. The van der Waals surface area contributed by atoms with Crippen LogP contribution in [0.15, 0.2) is 82.7 Å². The number of amides is 2. The average molecular weight is 585 g/mol. The van der Waals surface area contributed by atoms with Crippen LogP contribution in [0.1, 0.15) is 53.2 Å². The van der Waals surface area contributed by atoms with Gasteiger partial charge in [-0.05, 0) is 61.6 Å². The van der Waals surface area contributed by atoms with Gasteiger partial charge in [-0.25, -0.2) is 4.98 Å². The zero-order valence-electron chi connectivity index (χ0n) is 24.0. The molecule has 2 unspecified atom stereocenters. The number of nitrogens with zero attached hydrogens (tertiary/aromatic N) is 2. The summed E-state index contributed by atoms with van der Waals surface area (Å²) in [5, 5.41) is 6.55. The second kappa shape index (κ2) is 13.8. The zero-order chi connectivity index (χ0) is 29.5. The van der Waals surface area contributed by atoms with Gasteiger partial charge in [0.1, 0.15) is 0 Å². The number of benzene rings is 3. The van der Waals surface area contributed by atoms with Crippen molar-refractivity contribution in [1.29, 1.82) is 0 Å². The SMILES string of the molecule is CCC(Sc1nc2ccccc2c(=O)n1Cc1ccc(C(=O)NCC2CCCO2)cc1)C(=O)NCc1ccc(C)cc1. The Hall–Kier alpha value is -3.95. The first-order valence-electron chi connectivity index (χ1n) is 14.4. The fraction of sp³-hybridized carbons (Fsp3) is 0.333.